The first kappa shape index (κ1) is 24.8. The molecule has 2 aromatic heterocycles. The van der Waals surface area contributed by atoms with Crippen LogP contribution in [0.15, 0.2) is 43.6 Å². The van der Waals surface area contributed by atoms with Crippen LogP contribution in [-0.2, 0) is 11.3 Å². The van der Waals surface area contributed by atoms with Crippen LogP contribution < -0.4 is 21.9 Å². The number of H-pyrrole nitrogens is 1. The first-order valence-corrected chi connectivity index (χ1v) is 12.8. The second-order valence-electron chi connectivity index (χ2n) is 7.70. The van der Waals surface area contributed by atoms with Crippen molar-refractivity contribution in [1.82, 2.24) is 14.5 Å². The van der Waals surface area contributed by atoms with Crippen LogP contribution in [-0.4, -0.2) is 32.7 Å². The first-order chi connectivity index (χ1) is 15.8. The zero-order valence-corrected chi connectivity index (χ0v) is 20.7. The minimum Gasteiger partial charge on any atom is -0.383 e. The molecule has 10 heteroatoms. The molecule has 33 heavy (non-hydrogen) atoms. The molecule has 1 aromatic carbocycles. The van der Waals surface area contributed by atoms with Crippen LogP contribution in [0.4, 0.5) is 11.5 Å². The molecule has 0 bridgehead atoms. The van der Waals surface area contributed by atoms with Crippen LogP contribution in [0.2, 0.25) is 0 Å². The number of nitrogens with one attached hydrogen (secondary N) is 1. The van der Waals surface area contributed by atoms with E-state index >= 15 is 0 Å². The van der Waals surface area contributed by atoms with E-state index in [1.165, 1.54) is 38.1 Å². The van der Waals surface area contributed by atoms with Crippen molar-refractivity contribution >= 4 is 40.5 Å². The number of rotatable bonds is 10. The van der Waals surface area contributed by atoms with Gasteiger partial charge in [0.1, 0.15) is 5.82 Å². The number of carbonyl (C=O) groups is 1. The fourth-order valence-corrected chi connectivity index (χ4v) is 5.05. The molecule has 0 unspecified atom stereocenters. The van der Waals surface area contributed by atoms with Crippen molar-refractivity contribution < 1.29 is 4.79 Å². The van der Waals surface area contributed by atoms with Gasteiger partial charge in [0.2, 0.25) is 5.91 Å². The molecule has 0 aliphatic heterocycles. The summed E-state index contributed by atoms with van der Waals surface area (Å²) in [6.07, 6.45) is 2.22. The molecule has 176 valence electrons. The van der Waals surface area contributed by atoms with Crippen molar-refractivity contribution in [1.29, 1.82) is 0 Å². The minimum absolute atomic E-state index is 0.0240. The maximum Gasteiger partial charge on any atom is 0.330 e. The van der Waals surface area contributed by atoms with E-state index in [1.807, 2.05) is 50.4 Å². The lowest BCUT2D eigenvalue weighted by Gasteiger charge is -2.24. The monoisotopic (exact) mass is 487 g/mol. The van der Waals surface area contributed by atoms with Crippen LogP contribution >= 0.6 is 23.1 Å². The van der Waals surface area contributed by atoms with E-state index < -0.39 is 11.2 Å². The Morgan fingerprint density at radius 2 is 1.94 bits per heavy atom. The number of nitrogens with two attached hydrogens (primary N) is 1. The third-order valence-electron chi connectivity index (χ3n) is 5.12. The molecule has 2 heterocycles. The predicted octanol–water partition coefficient (Wildman–Crippen LogP) is 3.89. The minimum atomic E-state index is -0.643. The molecule has 8 nitrogen and oxygen atoms in total. The number of anilines is 2. The van der Waals surface area contributed by atoms with Gasteiger partial charge in [-0.2, -0.15) is 0 Å². The number of hydrogen-bond donors (Lipinski definition) is 2. The number of amides is 1. The smallest absolute Gasteiger partial charge is 0.330 e. The maximum atomic E-state index is 13.2. The molecule has 0 aliphatic carbocycles. The van der Waals surface area contributed by atoms with Crippen LogP contribution in [0.25, 0.3) is 11.3 Å². The Morgan fingerprint density at radius 3 is 2.61 bits per heavy atom. The predicted molar refractivity (Wildman–Crippen MR) is 136 cm³/mol. The van der Waals surface area contributed by atoms with Crippen LogP contribution in [0, 0.1) is 6.92 Å². The Hall–Kier alpha value is -2.85. The standard InChI is InChI=1S/C23H29N5O3S2/c1-4-6-12-27(19-20(24)28(11-5-2)22(31)26-21(19)30)18(29)14-33-23-25-17(13-32-23)16-9-7-15(3)8-10-16/h7-10,13H,4-6,11-12,14,24H2,1-3H3,(H,26,30,31). The highest BCUT2D eigenvalue weighted by Crippen LogP contribution is 2.29. The number of hydrogen-bond acceptors (Lipinski definition) is 7. The number of unbranched alkanes of at least 4 members (excludes halogenated alkanes) is 1. The average molecular weight is 488 g/mol. The van der Waals surface area contributed by atoms with Gasteiger partial charge in [0.15, 0.2) is 10.0 Å². The van der Waals surface area contributed by atoms with Gasteiger partial charge >= 0.3 is 5.69 Å². The molecular formula is C23H29N5O3S2. The number of aromatic amines is 1. The first-order valence-electron chi connectivity index (χ1n) is 10.9. The van der Waals surface area contributed by atoms with E-state index in [9.17, 15) is 14.4 Å². The molecule has 3 rings (SSSR count). The molecule has 0 radical (unpaired) electrons. The molecule has 0 saturated heterocycles. The molecule has 0 fully saturated rings. The Morgan fingerprint density at radius 1 is 1.21 bits per heavy atom. The zero-order valence-electron chi connectivity index (χ0n) is 19.1. The van der Waals surface area contributed by atoms with Gasteiger partial charge in [0, 0.05) is 24.0 Å². The summed E-state index contributed by atoms with van der Waals surface area (Å²) in [5.41, 5.74) is 8.11. The van der Waals surface area contributed by atoms with Gasteiger partial charge in [-0.15, -0.1) is 11.3 Å². The SMILES string of the molecule is CCCCN(C(=O)CSc1nc(-c2ccc(C)cc2)cs1)c1c(N)n(CCC)c(=O)[nH]c1=O. The fourth-order valence-electron chi connectivity index (χ4n) is 3.34. The van der Waals surface area contributed by atoms with E-state index in [-0.39, 0.29) is 23.2 Å². The summed E-state index contributed by atoms with van der Waals surface area (Å²) < 4.78 is 2.08. The number of benzene rings is 1. The number of aromatic nitrogens is 3. The van der Waals surface area contributed by atoms with Gasteiger partial charge in [-0.25, -0.2) is 9.78 Å². The molecule has 0 saturated carbocycles. The summed E-state index contributed by atoms with van der Waals surface area (Å²) in [5, 5.41) is 1.97. The van der Waals surface area contributed by atoms with Gasteiger partial charge in [-0.1, -0.05) is 61.9 Å². The molecule has 0 spiro atoms. The lowest BCUT2D eigenvalue weighted by Crippen LogP contribution is -2.42. The molecule has 0 atom stereocenters. The van der Waals surface area contributed by atoms with Gasteiger partial charge in [-0.05, 0) is 19.8 Å². The van der Waals surface area contributed by atoms with Crippen molar-refractivity contribution in [2.45, 2.75) is 50.9 Å². The number of thiazole rings is 1. The van der Waals surface area contributed by atoms with Crippen LogP contribution in [0.5, 0.6) is 0 Å². The van der Waals surface area contributed by atoms with Crippen molar-refractivity contribution in [3.8, 4) is 11.3 Å². The second kappa shape index (κ2) is 11.3. The fraction of sp³-hybridized carbons (Fsp3) is 0.391. The summed E-state index contributed by atoms with van der Waals surface area (Å²) in [7, 11) is 0. The third kappa shape index (κ3) is 5.94. The van der Waals surface area contributed by atoms with E-state index in [0.29, 0.717) is 25.9 Å². The van der Waals surface area contributed by atoms with Crippen molar-refractivity contribution in [2.75, 3.05) is 22.9 Å². The van der Waals surface area contributed by atoms with E-state index in [4.69, 9.17) is 5.73 Å². The topological polar surface area (TPSA) is 114 Å². The summed E-state index contributed by atoms with van der Waals surface area (Å²) in [6.45, 7) is 6.66. The highest BCUT2D eigenvalue weighted by molar-refractivity contribution is 8.01. The van der Waals surface area contributed by atoms with Gasteiger partial charge < -0.3 is 10.6 Å². The summed E-state index contributed by atoms with van der Waals surface area (Å²) in [6, 6.07) is 8.13. The van der Waals surface area contributed by atoms with E-state index in [1.54, 1.807) is 0 Å². The van der Waals surface area contributed by atoms with Gasteiger partial charge in [0.05, 0.1) is 11.4 Å². The van der Waals surface area contributed by atoms with Crippen LogP contribution in [0.3, 0.4) is 0 Å². The van der Waals surface area contributed by atoms with E-state index in [2.05, 4.69) is 9.97 Å². The van der Waals surface area contributed by atoms with Crippen LogP contribution in [0.1, 0.15) is 38.7 Å². The Balaban J connectivity index is 1.81. The average Bonchev–Trinajstić information content (AvgIpc) is 3.26. The zero-order chi connectivity index (χ0) is 24.0. The summed E-state index contributed by atoms with van der Waals surface area (Å²) >= 11 is 2.80. The Kier molecular flexibility index (Phi) is 8.51. The number of nitrogen functional groups attached to an aromatic ring is 1. The van der Waals surface area contributed by atoms with Gasteiger partial charge in [-0.3, -0.25) is 19.1 Å². The molecule has 0 aliphatic rings. The summed E-state index contributed by atoms with van der Waals surface area (Å²) in [4.78, 5) is 46.3. The van der Waals surface area contributed by atoms with Gasteiger partial charge in [0.25, 0.3) is 5.56 Å². The third-order valence-corrected chi connectivity index (χ3v) is 7.12. The quantitative estimate of drug-likeness (QED) is 0.420. The maximum absolute atomic E-state index is 13.2. The largest absolute Gasteiger partial charge is 0.383 e. The summed E-state index contributed by atoms with van der Waals surface area (Å²) in [5.74, 6) is -0.119. The molecule has 3 aromatic rings. The molecule has 1 amide bonds. The Bertz CT molecular complexity index is 1210. The normalized spacial score (nSPS) is 11.0. The lowest BCUT2D eigenvalue weighted by atomic mass is 10.1. The van der Waals surface area contributed by atoms with E-state index in [0.717, 1.165) is 22.0 Å². The Labute approximate surface area is 200 Å². The number of carbonyl (C=O) groups excluding carboxylic acids is 1. The highest BCUT2D eigenvalue weighted by Gasteiger charge is 2.24. The number of nitrogens with zero attached hydrogens (tertiary/aromatic N) is 3. The lowest BCUT2D eigenvalue weighted by molar-refractivity contribution is -0.116. The number of aryl methyl sites for hydroxylation is 1. The number of thioether (sulfide) groups is 1. The molecule has 3 N–H and O–H groups in total. The molecular weight excluding hydrogens is 458 g/mol. The van der Waals surface area contributed by atoms with Crippen molar-refractivity contribution in [2.24, 2.45) is 0 Å². The van der Waals surface area contributed by atoms with Crippen molar-refractivity contribution in [3.63, 3.8) is 0 Å². The highest BCUT2D eigenvalue weighted by atomic mass is 32.2. The second-order valence-corrected chi connectivity index (χ2v) is 9.78. The van der Waals surface area contributed by atoms with Crippen molar-refractivity contribution in [3.05, 3.63) is 56.0 Å².